The zero-order valence-electron chi connectivity index (χ0n) is 16.8. The predicted octanol–water partition coefficient (Wildman–Crippen LogP) is 5.39. The van der Waals surface area contributed by atoms with Crippen LogP contribution in [0.2, 0.25) is 0 Å². The lowest BCUT2D eigenvalue weighted by Crippen LogP contribution is -2.32. The van der Waals surface area contributed by atoms with Crippen LogP contribution in [0.4, 0.5) is 5.13 Å². The minimum atomic E-state index is 0.0229. The quantitative estimate of drug-likeness (QED) is 0.450. The van der Waals surface area contributed by atoms with Gasteiger partial charge in [-0.1, -0.05) is 53.3 Å². The average molecular weight is 402 g/mol. The van der Waals surface area contributed by atoms with Crippen LogP contribution in [0.3, 0.4) is 0 Å². The molecule has 0 saturated heterocycles. The maximum absolute atomic E-state index is 13.3. The molecule has 1 amide bonds. The molecule has 4 aromatic rings. The van der Waals surface area contributed by atoms with Crippen LogP contribution < -0.4 is 4.90 Å². The van der Waals surface area contributed by atoms with Crippen LogP contribution >= 0.6 is 11.3 Å². The molecule has 2 aromatic carbocycles. The van der Waals surface area contributed by atoms with Gasteiger partial charge >= 0.3 is 0 Å². The van der Waals surface area contributed by atoms with E-state index in [0.717, 1.165) is 37.7 Å². The van der Waals surface area contributed by atoms with E-state index >= 15 is 0 Å². The molecule has 4 nitrogen and oxygen atoms in total. The number of hydrogen-bond donors (Lipinski definition) is 0. The number of carbonyl (C=O) groups excluding carboxylic acids is 1. The molecular formula is C24H23N3OS. The van der Waals surface area contributed by atoms with Crippen molar-refractivity contribution in [3.05, 3.63) is 88.7 Å². The first-order valence-corrected chi connectivity index (χ1v) is 10.5. The highest BCUT2D eigenvalue weighted by Gasteiger charge is 2.21. The second-order valence-electron chi connectivity index (χ2n) is 7.32. The highest BCUT2D eigenvalue weighted by Crippen LogP contribution is 2.33. The van der Waals surface area contributed by atoms with Crippen molar-refractivity contribution in [2.75, 3.05) is 4.90 Å². The molecule has 0 N–H and O–H groups in total. The number of benzene rings is 2. The number of thiazole rings is 1. The minimum absolute atomic E-state index is 0.0229. The number of hydrogen-bond acceptors (Lipinski definition) is 4. The SMILES string of the molecule is Cc1cccc(CC(=O)N(Cc2ccccn2)c2nc3c(C)c(C)ccc3s2)c1. The molecule has 2 aromatic heterocycles. The summed E-state index contributed by atoms with van der Waals surface area (Å²) in [6.45, 7) is 6.61. The molecule has 0 saturated carbocycles. The van der Waals surface area contributed by atoms with Gasteiger partial charge in [-0.05, 0) is 55.7 Å². The van der Waals surface area contributed by atoms with Crippen molar-refractivity contribution >= 4 is 32.6 Å². The molecule has 0 fully saturated rings. The van der Waals surface area contributed by atoms with Crippen LogP contribution in [-0.4, -0.2) is 15.9 Å². The van der Waals surface area contributed by atoms with Gasteiger partial charge in [0.15, 0.2) is 5.13 Å². The Balaban J connectivity index is 1.72. The lowest BCUT2D eigenvalue weighted by atomic mass is 10.1. The standard InChI is InChI=1S/C24H23N3OS/c1-16-7-6-8-19(13-16)14-22(28)27(15-20-9-4-5-12-25-20)24-26-23-18(3)17(2)10-11-21(23)29-24/h4-13H,14-15H2,1-3H3. The lowest BCUT2D eigenvalue weighted by Gasteiger charge is -2.19. The summed E-state index contributed by atoms with van der Waals surface area (Å²) < 4.78 is 1.09. The molecule has 0 spiro atoms. The average Bonchev–Trinajstić information content (AvgIpc) is 3.14. The summed E-state index contributed by atoms with van der Waals surface area (Å²) in [6.07, 6.45) is 2.09. The number of pyridine rings is 1. The molecule has 0 aliphatic heterocycles. The fourth-order valence-electron chi connectivity index (χ4n) is 3.34. The molecule has 0 unspecified atom stereocenters. The highest BCUT2D eigenvalue weighted by molar-refractivity contribution is 7.22. The summed E-state index contributed by atoms with van der Waals surface area (Å²) in [7, 11) is 0. The van der Waals surface area contributed by atoms with Crippen LogP contribution in [0.5, 0.6) is 0 Å². The van der Waals surface area contributed by atoms with Gasteiger partial charge in [-0.25, -0.2) is 4.98 Å². The van der Waals surface area contributed by atoms with E-state index in [0.29, 0.717) is 13.0 Å². The Hall–Kier alpha value is -3.05. The van der Waals surface area contributed by atoms with Crippen molar-refractivity contribution in [2.45, 2.75) is 33.7 Å². The van der Waals surface area contributed by atoms with Crippen molar-refractivity contribution in [1.29, 1.82) is 0 Å². The molecule has 0 radical (unpaired) electrons. The number of aromatic nitrogens is 2. The zero-order valence-corrected chi connectivity index (χ0v) is 17.7. The van der Waals surface area contributed by atoms with Crippen molar-refractivity contribution in [2.24, 2.45) is 0 Å². The minimum Gasteiger partial charge on any atom is -0.282 e. The van der Waals surface area contributed by atoms with E-state index in [4.69, 9.17) is 4.98 Å². The first-order valence-electron chi connectivity index (χ1n) is 9.64. The van der Waals surface area contributed by atoms with Crippen molar-refractivity contribution in [3.63, 3.8) is 0 Å². The summed E-state index contributed by atoms with van der Waals surface area (Å²) in [5.41, 5.74) is 6.34. The maximum atomic E-state index is 13.3. The summed E-state index contributed by atoms with van der Waals surface area (Å²) in [5.74, 6) is 0.0229. The Bertz CT molecular complexity index is 1170. The van der Waals surface area contributed by atoms with Gasteiger partial charge in [0.05, 0.1) is 28.9 Å². The van der Waals surface area contributed by atoms with Crippen LogP contribution in [0.25, 0.3) is 10.2 Å². The second-order valence-corrected chi connectivity index (χ2v) is 8.33. The van der Waals surface area contributed by atoms with E-state index in [2.05, 4.69) is 37.0 Å². The molecule has 4 rings (SSSR count). The second kappa shape index (κ2) is 8.13. The number of nitrogens with zero attached hydrogens (tertiary/aromatic N) is 3. The predicted molar refractivity (Wildman–Crippen MR) is 119 cm³/mol. The molecular weight excluding hydrogens is 378 g/mol. The van der Waals surface area contributed by atoms with E-state index in [1.807, 2.05) is 43.3 Å². The first kappa shape index (κ1) is 19.3. The number of aryl methyl sites for hydroxylation is 3. The summed E-state index contributed by atoms with van der Waals surface area (Å²) >= 11 is 1.56. The van der Waals surface area contributed by atoms with E-state index in [-0.39, 0.29) is 5.91 Å². The third-order valence-electron chi connectivity index (χ3n) is 5.09. The molecule has 2 heterocycles. The third-order valence-corrected chi connectivity index (χ3v) is 6.13. The Labute approximate surface area is 174 Å². The van der Waals surface area contributed by atoms with Gasteiger partial charge in [0.2, 0.25) is 5.91 Å². The topological polar surface area (TPSA) is 46.1 Å². The maximum Gasteiger partial charge on any atom is 0.233 e. The van der Waals surface area contributed by atoms with E-state index < -0.39 is 0 Å². The van der Waals surface area contributed by atoms with Gasteiger partial charge in [0.1, 0.15) is 0 Å². The number of anilines is 1. The normalized spacial score (nSPS) is 11.0. The first-order chi connectivity index (χ1) is 14.0. The van der Waals surface area contributed by atoms with Crippen LogP contribution in [-0.2, 0) is 17.8 Å². The number of rotatable bonds is 5. The number of fused-ring (bicyclic) bond motifs is 1. The Morgan fingerprint density at radius 2 is 1.90 bits per heavy atom. The van der Waals surface area contributed by atoms with Crippen LogP contribution in [0, 0.1) is 20.8 Å². The summed E-state index contributed by atoms with van der Waals surface area (Å²) in [5, 5.41) is 0.719. The molecule has 0 aliphatic carbocycles. The van der Waals surface area contributed by atoms with Gasteiger partial charge in [-0.3, -0.25) is 14.7 Å². The largest absolute Gasteiger partial charge is 0.282 e. The monoisotopic (exact) mass is 401 g/mol. The van der Waals surface area contributed by atoms with E-state index in [9.17, 15) is 4.79 Å². The van der Waals surface area contributed by atoms with Gasteiger partial charge in [-0.15, -0.1) is 0 Å². The Morgan fingerprint density at radius 3 is 2.66 bits per heavy atom. The lowest BCUT2D eigenvalue weighted by molar-refractivity contribution is -0.118. The van der Waals surface area contributed by atoms with Gasteiger partial charge < -0.3 is 0 Å². The Kier molecular flexibility index (Phi) is 5.41. The van der Waals surface area contributed by atoms with E-state index in [1.165, 1.54) is 5.56 Å². The van der Waals surface area contributed by atoms with Crippen LogP contribution in [0.15, 0.2) is 60.8 Å². The molecule has 0 aliphatic rings. The Morgan fingerprint density at radius 1 is 1.03 bits per heavy atom. The zero-order chi connectivity index (χ0) is 20.4. The van der Waals surface area contributed by atoms with E-state index in [1.54, 1.807) is 22.4 Å². The van der Waals surface area contributed by atoms with Gasteiger partial charge in [-0.2, -0.15) is 0 Å². The third kappa shape index (κ3) is 4.20. The number of carbonyl (C=O) groups is 1. The van der Waals surface area contributed by atoms with Gasteiger partial charge in [0, 0.05) is 6.20 Å². The molecule has 5 heteroatoms. The van der Waals surface area contributed by atoms with Gasteiger partial charge in [0.25, 0.3) is 0 Å². The highest BCUT2D eigenvalue weighted by atomic mass is 32.1. The smallest absolute Gasteiger partial charge is 0.233 e. The molecule has 0 atom stereocenters. The molecule has 0 bridgehead atoms. The molecule has 146 valence electrons. The van der Waals surface area contributed by atoms with Crippen LogP contribution in [0.1, 0.15) is 27.9 Å². The van der Waals surface area contributed by atoms with Crippen molar-refractivity contribution in [1.82, 2.24) is 9.97 Å². The summed E-state index contributed by atoms with van der Waals surface area (Å²) in [4.78, 5) is 24.4. The van der Waals surface area contributed by atoms with Crippen molar-refractivity contribution in [3.8, 4) is 0 Å². The molecule has 29 heavy (non-hydrogen) atoms. The summed E-state index contributed by atoms with van der Waals surface area (Å²) in [6, 6.07) is 18.0. The number of amides is 1. The van der Waals surface area contributed by atoms with Crippen molar-refractivity contribution < 1.29 is 4.79 Å². The fourth-order valence-corrected chi connectivity index (χ4v) is 4.38. The fraction of sp³-hybridized carbons (Fsp3) is 0.208.